The Bertz CT molecular complexity index is 922. The first-order chi connectivity index (χ1) is 11.6. The second kappa shape index (κ2) is 5.83. The van der Waals surface area contributed by atoms with Crippen molar-refractivity contribution in [3.8, 4) is 0 Å². The van der Waals surface area contributed by atoms with Crippen molar-refractivity contribution in [2.24, 2.45) is 0 Å². The molecule has 0 spiro atoms. The summed E-state index contributed by atoms with van der Waals surface area (Å²) in [6.07, 6.45) is 2.09. The Morgan fingerprint density at radius 2 is 1.62 bits per heavy atom. The van der Waals surface area contributed by atoms with Gasteiger partial charge in [0, 0.05) is 18.1 Å². The van der Waals surface area contributed by atoms with Crippen LogP contribution in [0.5, 0.6) is 0 Å². The molecule has 0 saturated heterocycles. The Morgan fingerprint density at radius 3 is 2.29 bits per heavy atom. The maximum Gasteiger partial charge on any atom is 0.172 e. The molecule has 0 bridgehead atoms. The molecule has 24 heavy (non-hydrogen) atoms. The second-order valence-electron chi connectivity index (χ2n) is 6.19. The van der Waals surface area contributed by atoms with Crippen molar-refractivity contribution in [1.82, 2.24) is 0 Å². The van der Waals surface area contributed by atoms with Crippen molar-refractivity contribution < 1.29 is 15.2 Å². The van der Waals surface area contributed by atoms with Gasteiger partial charge in [0.05, 0.1) is 5.39 Å². The van der Waals surface area contributed by atoms with Crippen molar-refractivity contribution in [2.75, 3.05) is 0 Å². The monoisotopic (exact) mass is 319 g/mol. The maximum atomic E-state index is 12.9. The number of aryl methyl sites for hydroxylation is 2. The van der Waals surface area contributed by atoms with Crippen LogP contribution in [0.4, 0.5) is 5.69 Å². The van der Waals surface area contributed by atoms with Gasteiger partial charge in [0.2, 0.25) is 0 Å². The molecule has 0 aliphatic heterocycles. The first-order valence-electron chi connectivity index (χ1n) is 8.03. The van der Waals surface area contributed by atoms with Crippen molar-refractivity contribution in [3.63, 3.8) is 0 Å². The zero-order valence-electron chi connectivity index (χ0n) is 13.1. The van der Waals surface area contributed by atoms with Gasteiger partial charge in [-0.05, 0) is 34.9 Å². The van der Waals surface area contributed by atoms with Gasteiger partial charge in [0.15, 0.2) is 11.5 Å². The first-order valence-corrected chi connectivity index (χ1v) is 8.03. The van der Waals surface area contributed by atoms with Gasteiger partial charge in [-0.2, -0.15) is 5.23 Å². The van der Waals surface area contributed by atoms with E-state index in [1.54, 1.807) is 12.1 Å². The Hall–Kier alpha value is -2.53. The standard InChI is InChI=1S/C20H17NO3/c22-18(12-13-4-2-1-3-5-13)16-10-8-14-6-7-15-9-11-17(21(23)24)20(16)19(14)15/h1-5,8-11,21,23H,6-7,12H2. The number of Topliss-reactive ketones (excluding diaryl/α,β-unsaturated/α-hetero) is 1. The molecule has 4 nitrogen and oxygen atoms in total. The number of nitrogens with one attached hydrogen (secondary N) is 1. The summed E-state index contributed by atoms with van der Waals surface area (Å²) in [5.74, 6) is -0.0423. The molecule has 1 atom stereocenters. The van der Waals surface area contributed by atoms with Crippen molar-refractivity contribution in [2.45, 2.75) is 19.3 Å². The van der Waals surface area contributed by atoms with Gasteiger partial charge < -0.3 is 5.21 Å². The number of rotatable bonds is 4. The minimum absolute atomic E-state index is 0.0423. The molecule has 3 aromatic rings. The number of benzene rings is 3. The molecule has 0 radical (unpaired) electrons. The van der Waals surface area contributed by atoms with Crippen LogP contribution in [0.2, 0.25) is 0 Å². The normalized spacial score (nSPS) is 14.1. The largest absolute Gasteiger partial charge is 0.595 e. The van der Waals surface area contributed by atoms with Crippen LogP contribution in [0.3, 0.4) is 0 Å². The lowest BCUT2D eigenvalue weighted by atomic mass is 9.93. The number of hydrogen-bond acceptors (Lipinski definition) is 3. The van der Waals surface area contributed by atoms with Gasteiger partial charge in [-0.25, -0.2) is 5.21 Å². The minimum atomic E-state index is -0.987. The zero-order valence-corrected chi connectivity index (χ0v) is 13.1. The molecule has 4 heteroatoms. The van der Waals surface area contributed by atoms with Gasteiger partial charge >= 0.3 is 0 Å². The fraction of sp³-hybridized carbons (Fsp3) is 0.150. The molecule has 120 valence electrons. The molecule has 1 aliphatic rings. The molecule has 0 amide bonds. The summed E-state index contributed by atoms with van der Waals surface area (Å²) in [5.41, 5.74) is 3.94. The lowest BCUT2D eigenvalue weighted by Crippen LogP contribution is -2.99. The van der Waals surface area contributed by atoms with Crippen LogP contribution in [0.1, 0.15) is 27.0 Å². The molecule has 1 aliphatic carbocycles. The smallest absolute Gasteiger partial charge is 0.172 e. The van der Waals surface area contributed by atoms with E-state index >= 15 is 0 Å². The number of carbonyl (C=O) groups excluding carboxylic acids is 1. The minimum Gasteiger partial charge on any atom is -0.595 e. The average Bonchev–Trinajstić information content (AvgIpc) is 3.01. The van der Waals surface area contributed by atoms with E-state index in [0.717, 1.165) is 34.9 Å². The van der Waals surface area contributed by atoms with E-state index in [0.29, 0.717) is 10.9 Å². The van der Waals surface area contributed by atoms with Crippen LogP contribution >= 0.6 is 0 Å². The van der Waals surface area contributed by atoms with E-state index in [4.69, 9.17) is 0 Å². The second-order valence-corrected chi connectivity index (χ2v) is 6.19. The van der Waals surface area contributed by atoms with E-state index in [1.807, 2.05) is 42.5 Å². The van der Waals surface area contributed by atoms with Gasteiger partial charge in [-0.15, -0.1) is 0 Å². The van der Waals surface area contributed by atoms with Gasteiger partial charge in [0.25, 0.3) is 0 Å². The topological polar surface area (TPSA) is 64.8 Å². The molecule has 0 heterocycles. The summed E-state index contributed by atoms with van der Waals surface area (Å²) in [6, 6.07) is 16.8. The van der Waals surface area contributed by atoms with Crippen molar-refractivity contribution in [3.05, 3.63) is 82.1 Å². The molecular weight excluding hydrogens is 302 g/mol. The van der Waals surface area contributed by atoms with Crippen molar-refractivity contribution in [1.29, 1.82) is 0 Å². The third-order valence-corrected chi connectivity index (χ3v) is 4.74. The molecule has 0 saturated carbocycles. The van der Waals surface area contributed by atoms with E-state index in [9.17, 15) is 15.2 Å². The average molecular weight is 319 g/mol. The Morgan fingerprint density at radius 1 is 0.958 bits per heavy atom. The quantitative estimate of drug-likeness (QED) is 0.574. The van der Waals surface area contributed by atoms with Gasteiger partial charge in [-0.3, -0.25) is 4.79 Å². The van der Waals surface area contributed by atoms with E-state index < -0.39 is 5.23 Å². The molecule has 4 rings (SSSR count). The Kier molecular flexibility index (Phi) is 3.65. The summed E-state index contributed by atoms with van der Waals surface area (Å²) < 4.78 is 0. The Balaban J connectivity index is 1.88. The highest BCUT2D eigenvalue weighted by Gasteiger charge is 2.24. The van der Waals surface area contributed by atoms with Crippen LogP contribution < -0.4 is 5.23 Å². The summed E-state index contributed by atoms with van der Waals surface area (Å²) >= 11 is 0. The van der Waals surface area contributed by atoms with Gasteiger partial charge in [-0.1, -0.05) is 48.5 Å². The molecule has 1 unspecified atom stereocenters. The fourth-order valence-corrected chi connectivity index (χ4v) is 3.62. The third kappa shape index (κ3) is 2.41. The van der Waals surface area contributed by atoms with Gasteiger partial charge in [0.1, 0.15) is 0 Å². The van der Waals surface area contributed by atoms with Crippen LogP contribution in [-0.4, -0.2) is 11.0 Å². The van der Waals surface area contributed by atoms with E-state index in [-0.39, 0.29) is 17.9 Å². The maximum absolute atomic E-state index is 12.9. The van der Waals surface area contributed by atoms with Crippen LogP contribution in [-0.2, 0) is 19.3 Å². The van der Waals surface area contributed by atoms with Crippen LogP contribution in [0.15, 0.2) is 54.6 Å². The predicted octanol–water partition coefficient (Wildman–Crippen LogP) is 2.77. The summed E-state index contributed by atoms with van der Waals surface area (Å²) in [5, 5.41) is 21.8. The van der Waals surface area contributed by atoms with Crippen LogP contribution in [0.25, 0.3) is 10.8 Å². The molecule has 0 fully saturated rings. The lowest BCUT2D eigenvalue weighted by molar-refractivity contribution is -0.990. The summed E-state index contributed by atoms with van der Waals surface area (Å²) in [6.45, 7) is 0. The summed E-state index contributed by atoms with van der Waals surface area (Å²) in [7, 11) is 0. The highest BCUT2D eigenvalue weighted by atomic mass is 16.8. The van der Waals surface area contributed by atoms with Crippen LogP contribution in [0, 0.1) is 5.21 Å². The van der Waals surface area contributed by atoms with E-state index in [2.05, 4.69) is 0 Å². The zero-order chi connectivity index (χ0) is 16.7. The predicted molar refractivity (Wildman–Crippen MR) is 91.6 cm³/mol. The molecule has 3 aromatic carbocycles. The highest BCUT2D eigenvalue weighted by Crippen LogP contribution is 2.36. The third-order valence-electron chi connectivity index (χ3n) is 4.74. The molecule has 0 aromatic heterocycles. The number of carbonyl (C=O) groups is 1. The highest BCUT2D eigenvalue weighted by molar-refractivity contribution is 6.13. The fourth-order valence-electron chi connectivity index (χ4n) is 3.62. The number of ketones is 1. The number of quaternary nitrogens is 1. The molecular formula is C20H17NO3. The lowest BCUT2D eigenvalue weighted by Gasteiger charge is -2.17. The summed E-state index contributed by atoms with van der Waals surface area (Å²) in [4.78, 5) is 12.9. The Labute approximate surface area is 139 Å². The SMILES string of the molecule is O=C(Cc1ccccc1)c1ccc2c3c(ccc([NH+]([O-])O)c13)CC2. The number of hydrogen-bond donors (Lipinski definition) is 2. The van der Waals surface area contributed by atoms with E-state index in [1.165, 1.54) is 0 Å². The molecule has 2 N–H and O–H groups in total. The first kappa shape index (κ1) is 15.0. The van der Waals surface area contributed by atoms with Crippen molar-refractivity contribution >= 4 is 22.2 Å².